The molecule has 0 amide bonds. The van der Waals surface area contributed by atoms with Crippen molar-refractivity contribution in [3.8, 4) is 0 Å². The molecule has 1 atom stereocenters. The number of halogens is 2. The number of nitrogens with zero attached hydrogens (tertiary/aromatic N) is 4. The van der Waals surface area contributed by atoms with Crippen molar-refractivity contribution >= 4 is 5.71 Å². The van der Waals surface area contributed by atoms with Crippen LogP contribution < -0.4 is 0 Å². The number of aromatic nitrogens is 3. The van der Waals surface area contributed by atoms with Gasteiger partial charge in [0, 0.05) is 24.2 Å². The zero-order chi connectivity index (χ0) is 20.4. The molecule has 0 bridgehead atoms. The second kappa shape index (κ2) is 7.92. The van der Waals surface area contributed by atoms with Gasteiger partial charge in [-0.3, -0.25) is 0 Å². The highest BCUT2D eigenvalue weighted by Crippen LogP contribution is 2.61. The topological polar surface area (TPSA) is 81.8 Å². The first-order chi connectivity index (χ1) is 13.3. The lowest BCUT2D eigenvalue weighted by atomic mass is 9.72. The van der Waals surface area contributed by atoms with Crippen molar-refractivity contribution < 1.29 is 23.5 Å². The van der Waals surface area contributed by atoms with Crippen molar-refractivity contribution in [2.24, 2.45) is 16.5 Å². The van der Waals surface area contributed by atoms with E-state index in [0.29, 0.717) is 18.6 Å². The van der Waals surface area contributed by atoms with E-state index in [2.05, 4.69) is 15.2 Å². The first kappa shape index (κ1) is 20.3. The molecule has 0 radical (unpaired) electrons. The third kappa shape index (κ3) is 3.64. The van der Waals surface area contributed by atoms with E-state index in [1.165, 1.54) is 30.5 Å². The smallest absolute Gasteiger partial charge is 0.216 e. The Morgan fingerprint density at radius 3 is 2.68 bits per heavy atom. The maximum Gasteiger partial charge on any atom is 0.216 e. The lowest BCUT2D eigenvalue weighted by Crippen LogP contribution is -2.47. The van der Waals surface area contributed by atoms with Crippen LogP contribution >= 0.6 is 0 Å². The van der Waals surface area contributed by atoms with Gasteiger partial charge in [0.25, 0.3) is 0 Å². The number of benzene rings is 1. The Morgan fingerprint density at radius 2 is 2.14 bits per heavy atom. The zero-order valence-corrected chi connectivity index (χ0v) is 16.1. The zero-order valence-electron chi connectivity index (χ0n) is 16.1. The molecule has 0 aliphatic heterocycles. The number of ether oxygens (including phenoxy) is 1. The Balaban J connectivity index is 2.11. The molecule has 1 saturated carbocycles. The molecule has 1 aromatic carbocycles. The average molecular weight is 394 g/mol. The maximum absolute atomic E-state index is 14.8. The molecule has 1 aromatic heterocycles. The number of hydrogen-bond donors (Lipinski definition) is 1. The van der Waals surface area contributed by atoms with Gasteiger partial charge in [0.15, 0.2) is 0 Å². The van der Waals surface area contributed by atoms with Crippen molar-refractivity contribution in [2.75, 3.05) is 13.9 Å². The van der Waals surface area contributed by atoms with Crippen LogP contribution in [0.2, 0.25) is 0 Å². The molecule has 1 aliphatic carbocycles. The molecule has 3 rings (SSSR count). The molecule has 28 heavy (non-hydrogen) atoms. The van der Waals surface area contributed by atoms with Crippen LogP contribution in [0.15, 0.2) is 36.0 Å². The third-order valence-electron chi connectivity index (χ3n) is 5.15. The average Bonchev–Trinajstić information content (AvgIpc) is 3.29. The van der Waals surface area contributed by atoms with Gasteiger partial charge in [-0.15, -0.1) is 0 Å². The fourth-order valence-corrected chi connectivity index (χ4v) is 3.77. The fourth-order valence-electron chi connectivity index (χ4n) is 3.77. The van der Waals surface area contributed by atoms with Gasteiger partial charge in [0.2, 0.25) is 6.79 Å². The van der Waals surface area contributed by atoms with Crippen LogP contribution in [0.25, 0.3) is 0 Å². The Labute approximate surface area is 162 Å². The lowest BCUT2D eigenvalue weighted by molar-refractivity contribution is -0.0455. The summed E-state index contributed by atoms with van der Waals surface area (Å²) in [5.41, 5.74) is -2.02. The van der Waals surface area contributed by atoms with E-state index in [4.69, 9.17) is 9.57 Å². The van der Waals surface area contributed by atoms with Gasteiger partial charge in [-0.1, -0.05) is 25.1 Å². The Morgan fingerprint density at radius 1 is 1.39 bits per heavy atom. The number of methoxy groups -OCH3 is 1. The molecule has 7 nitrogen and oxygen atoms in total. The van der Waals surface area contributed by atoms with E-state index in [1.54, 1.807) is 0 Å². The maximum atomic E-state index is 14.8. The van der Waals surface area contributed by atoms with Gasteiger partial charge in [-0.25, -0.2) is 18.4 Å². The molecule has 1 heterocycles. The van der Waals surface area contributed by atoms with Gasteiger partial charge in [-0.2, -0.15) is 5.10 Å². The first-order valence-corrected chi connectivity index (χ1v) is 9.03. The fraction of sp³-hybridized carbons (Fsp3) is 0.526. The quantitative estimate of drug-likeness (QED) is 0.306. The second-order valence-corrected chi connectivity index (χ2v) is 7.33. The molecule has 0 spiro atoms. The minimum atomic E-state index is -1.72. The van der Waals surface area contributed by atoms with Crippen LogP contribution in [0.1, 0.15) is 32.3 Å². The van der Waals surface area contributed by atoms with E-state index in [1.807, 2.05) is 13.8 Å². The Bertz CT molecular complexity index is 838. The number of oxime groups is 1. The molecule has 2 aromatic rings. The Kier molecular flexibility index (Phi) is 5.76. The summed E-state index contributed by atoms with van der Waals surface area (Å²) in [6.07, 6.45) is 3.92. The number of hydrogen-bond acceptors (Lipinski definition) is 6. The summed E-state index contributed by atoms with van der Waals surface area (Å²) in [5, 5.41) is 20.1. The highest BCUT2D eigenvalue weighted by Gasteiger charge is 2.64. The van der Waals surface area contributed by atoms with Crippen LogP contribution in [0, 0.1) is 23.0 Å². The van der Waals surface area contributed by atoms with Crippen molar-refractivity contribution in [1.29, 1.82) is 0 Å². The van der Waals surface area contributed by atoms with Gasteiger partial charge in [0.1, 0.15) is 29.9 Å². The summed E-state index contributed by atoms with van der Waals surface area (Å²) in [6, 6.07) is 3.18. The largest absolute Gasteiger partial charge is 0.382 e. The molecular weight excluding hydrogens is 370 g/mol. The highest BCUT2D eigenvalue weighted by atomic mass is 19.1. The summed E-state index contributed by atoms with van der Waals surface area (Å²) in [5.74, 6) is -1.62. The number of rotatable bonds is 9. The molecule has 1 aliphatic rings. The van der Waals surface area contributed by atoms with Gasteiger partial charge in [0.05, 0.1) is 12.3 Å². The van der Waals surface area contributed by atoms with Crippen LogP contribution in [0.5, 0.6) is 0 Å². The molecule has 9 heteroatoms. The van der Waals surface area contributed by atoms with Gasteiger partial charge < -0.3 is 14.7 Å². The summed E-state index contributed by atoms with van der Waals surface area (Å²) in [7, 11) is 1.48. The molecule has 1 N–H and O–H groups in total. The summed E-state index contributed by atoms with van der Waals surface area (Å²) in [4.78, 5) is 9.11. The first-order valence-electron chi connectivity index (χ1n) is 9.03. The Hall–Kier alpha value is -2.39. The van der Waals surface area contributed by atoms with Crippen molar-refractivity contribution in [3.05, 3.63) is 48.1 Å². The van der Waals surface area contributed by atoms with Gasteiger partial charge >= 0.3 is 0 Å². The van der Waals surface area contributed by atoms with E-state index < -0.39 is 22.7 Å². The summed E-state index contributed by atoms with van der Waals surface area (Å²) >= 11 is 0. The summed E-state index contributed by atoms with van der Waals surface area (Å²) in [6.45, 7) is 3.74. The predicted octanol–water partition coefficient (Wildman–Crippen LogP) is 2.86. The van der Waals surface area contributed by atoms with Crippen LogP contribution in [-0.2, 0) is 21.7 Å². The van der Waals surface area contributed by atoms with Crippen molar-refractivity contribution in [2.45, 2.75) is 38.8 Å². The van der Waals surface area contributed by atoms with Gasteiger partial charge in [-0.05, 0) is 24.8 Å². The standard InChI is InChI=1S/C19H24F2N4O3/c1-13(2)17(24-28-12-27-3)18(6-7-18)19(26,9-25-11-22-10-23-25)15-5-4-14(20)8-16(15)21/h4-5,8,10-11,13,26H,6-7,9,12H2,1-3H3. The SMILES string of the molecule is COCON=C(C(C)C)C1(C(O)(Cn2cncn2)c2ccc(F)cc2F)CC1. The predicted molar refractivity (Wildman–Crippen MR) is 97.2 cm³/mol. The van der Waals surface area contributed by atoms with E-state index >= 15 is 0 Å². The van der Waals surface area contributed by atoms with E-state index in [-0.39, 0.29) is 24.8 Å². The van der Waals surface area contributed by atoms with Crippen LogP contribution in [0.3, 0.4) is 0 Å². The van der Waals surface area contributed by atoms with Crippen LogP contribution in [-0.4, -0.2) is 39.5 Å². The third-order valence-corrected chi connectivity index (χ3v) is 5.15. The molecule has 1 unspecified atom stereocenters. The molecule has 0 saturated heterocycles. The van der Waals surface area contributed by atoms with E-state index in [9.17, 15) is 13.9 Å². The molecular formula is C19H24F2N4O3. The molecule has 1 fully saturated rings. The normalized spacial score (nSPS) is 18.2. The minimum Gasteiger partial charge on any atom is -0.382 e. The van der Waals surface area contributed by atoms with Crippen molar-refractivity contribution in [1.82, 2.24) is 14.8 Å². The summed E-state index contributed by atoms with van der Waals surface area (Å²) < 4.78 is 34.6. The minimum absolute atomic E-state index is 0.0120. The lowest BCUT2D eigenvalue weighted by Gasteiger charge is -2.39. The second-order valence-electron chi connectivity index (χ2n) is 7.33. The van der Waals surface area contributed by atoms with Crippen molar-refractivity contribution in [3.63, 3.8) is 0 Å². The van der Waals surface area contributed by atoms with E-state index in [0.717, 1.165) is 12.1 Å². The number of aliphatic hydroxyl groups is 1. The highest BCUT2D eigenvalue weighted by molar-refractivity contribution is 5.95. The van der Waals surface area contributed by atoms with Crippen LogP contribution in [0.4, 0.5) is 8.78 Å². The monoisotopic (exact) mass is 394 g/mol. The molecule has 152 valence electrons.